The van der Waals surface area contributed by atoms with Gasteiger partial charge in [0, 0.05) is 19.0 Å². The Morgan fingerprint density at radius 1 is 1.13 bits per heavy atom. The van der Waals surface area contributed by atoms with Crippen molar-refractivity contribution in [3.05, 3.63) is 70.7 Å². The van der Waals surface area contributed by atoms with Crippen molar-refractivity contribution in [2.45, 2.75) is 51.2 Å². The molecule has 2 heterocycles. The molecule has 2 aromatic carbocycles. The van der Waals surface area contributed by atoms with Crippen LogP contribution in [0.1, 0.15) is 39.2 Å². The van der Waals surface area contributed by atoms with Gasteiger partial charge in [-0.25, -0.2) is 4.79 Å². The molecule has 0 radical (unpaired) electrons. The van der Waals surface area contributed by atoms with E-state index in [-0.39, 0.29) is 11.9 Å². The maximum atomic E-state index is 13.5. The summed E-state index contributed by atoms with van der Waals surface area (Å²) >= 11 is 0. The van der Waals surface area contributed by atoms with Crippen molar-refractivity contribution in [1.82, 2.24) is 4.90 Å². The van der Waals surface area contributed by atoms with Gasteiger partial charge in [-0.05, 0) is 69.5 Å². The van der Waals surface area contributed by atoms with Gasteiger partial charge in [0.15, 0.2) is 5.54 Å². The smallest absolute Gasteiger partial charge is 0.338 e. The molecule has 0 bridgehead atoms. The second-order valence-electron chi connectivity index (χ2n) is 9.52. The van der Waals surface area contributed by atoms with Crippen LogP contribution < -0.4 is 10.6 Å². The molecule has 0 N–H and O–H groups in total. The first-order valence-electron chi connectivity index (χ1n) is 11.0. The molecule has 0 saturated carbocycles. The Hall–Kier alpha value is -2.46. The van der Waals surface area contributed by atoms with Crippen LogP contribution in [-0.4, -0.2) is 41.6 Å². The zero-order valence-electron chi connectivity index (χ0n) is 18.3. The van der Waals surface area contributed by atoms with Crippen LogP contribution in [0.3, 0.4) is 0 Å². The maximum Gasteiger partial charge on any atom is 0.338 e. The average molecular weight is 405 g/mol. The number of ether oxygens (including phenoxy) is 1. The number of carbonyl (C=O) groups is 1. The summed E-state index contributed by atoms with van der Waals surface area (Å²) in [7, 11) is 0. The number of hydrogen-bond acceptors (Lipinski definition) is 4. The molecule has 1 saturated heterocycles. The highest BCUT2D eigenvalue weighted by Gasteiger charge is 2.49. The molecular weight excluding hydrogens is 372 g/mol. The SMILES string of the molecule is CC(C)(C)OC(=O)C1(C2CCCN(CCc3ccccc3)C2)C=c2ccccc2=N1. The fraction of sp³-hybridized carbons (Fsp3) is 0.462. The van der Waals surface area contributed by atoms with Gasteiger partial charge >= 0.3 is 5.97 Å². The van der Waals surface area contributed by atoms with Crippen molar-refractivity contribution in [3.8, 4) is 0 Å². The number of nitrogens with zero attached hydrogens (tertiary/aromatic N) is 2. The molecule has 1 fully saturated rings. The maximum absolute atomic E-state index is 13.5. The number of para-hydroxylation sites is 1. The number of likely N-dealkylation sites (tertiary alicyclic amines) is 1. The number of fused-ring (bicyclic) bond motifs is 1. The summed E-state index contributed by atoms with van der Waals surface area (Å²) in [5.41, 5.74) is -0.113. The minimum atomic E-state index is -0.928. The lowest BCUT2D eigenvalue weighted by molar-refractivity contribution is -0.161. The molecule has 2 aliphatic rings. The van der Waals surface area contributed by atoms with Crippen LogP contribution in [0.2, 0.25) is 0 Å². The molecule has 4 rings (SSSR count). The highest BCUT2D eigenvalue weighted by atomic mass is 16.6. The molecule has 2 aliphatic heterocycles. The third-order valence-electron chi connectivity index (χ3n) is 6.03. The average Bonchev–Trinajstić information content (AvgIpc) is 3.13. The van der Waals surface area contributed by atoms with E-state index in [2.05, 4.69) is 41.3 Å². The summed E-state index contributed by atoms with van der Waals surface area (Å²) in [5, 5.41) is 1.93. The van der Waals surface area contributed by atoms with Crippen LogP contribution in [0.25, 0.3) is 6.08 Å². The van der Waals surface area contributed by atoms with Crippen molar-refractivity contribution < 1.29 is 9.53 Å². The molecule has 2 unspecified atom stereocenters. The van der Waals surface area contributed by atoms with Gasteiger partial charge in [-0.2, -0.15) is 0 Å². The number of esters is 1. The summed E-state index contributed by atoms with van der Waals surface area (Å²) in [4.78, 5) is 20.9. The molecule has 30 heavy (non-hydrogen) atoms. The highest BCUT2D eigenvalue weighted by molar-refractivity contribution is 5.90. The molecule has 0 spiro atoms. The number of piperidine rings is 1. The lowest BCUT2D eigenvalue weighted by atomic mass is 9.79. The lowest BCUT2D eigenvalue weighted by Crippen LogP contribution is -2.52. The second kappa shape index (κ2) is 8.35. The molecule has 2 atom stereocenters. The van der Waals surface area contributed by atoms with Gasteiger partial charge in [-0.3, -0.25) is 4.99 Å². The van der Waals surface area contributed by atoms with E-state index in [1.54, 1.807) is 0 Å². The van der Waals surface area contributed by atoms with Gasteiger partial charge in [-0.15, -0.1) is 0 Å². The molecule has 4 nitrogen and oxygen atoms in total. The third-order valence-corrected chi connectivity index (χ3v) is 6.03. The van der Waals surface area contributed by atoms with Crippen LogP contribution in [0, 0.1) is 5.92 Å². The lowest BCUT2D eigenvalue weighted by Gasteiger charge is -2.40. The first-order valence-corrected chi connectivity index (χ1v) is 11.0. The molecule has 0 aliphatic carbocycles. The van der Waals surface area contributed by atoms with E-state index in [0.717, 1.165) is 49.5 Å². The van der Waals surface area contributed by atoms with Crippen molar-refractivity contribution in [1.29, 1.82) is 0 Å². The van der Waals surface area contributed by atoms with E-state index < -0.39 is 11.1 Å². The second-order valence-corrected chi connectivity index (χ2v) is 9.52. The Labute approximate surface area is 179 Å². The Morgan fingerprint density at radius 2 is 1.87 bits per heavy atom. The van der Waals surface area contributed by atoms with Gasteiger partial charge < -0.3 is 9.64 Å². The van der Waals surface area contributed by atoms with E-state index in [9.17, 15) is 4.79 Å². The van der Waals surface area contributed by atoms with E-state index >= 15 is 0 Å². The Balaban J connectivity index is 1.58. The normalized spacial score (nSPS) is 23.9. The first kappa shape index (κ1) is 20.8. The molecule has 4 heteroatoms. The minimum Gasteiger partial charge on any atom is -0.458 e. The highest BCUT2D eigenvalue weighted by Crippen LogP contribution is 2.35. The zero-order valence-corrected chi connectivity index (χ0v) is 18.3. The number of benzene rings is 2. The van der Waals surface area contributed by atoms with Gasteiger partial charge in [0.1, 0.15) is 5.60 Å². The monoisotopic (exact) mass is 404 g/mol. The largest absolute Gasteiger partial charge is 0.458 e. The standard InChI is InChI=1S/C26H32N2O2/c1-25(2,3)30-24(29)26(18-21-12-7-8-14-23(21)27-26)22-13-9-16-28(19-22)17-15-20-10-5-4-6-11-20/h4-8,10-12,14,18,22H,9,13,15-17,19H2,1-3H3. The molecule has 2 aromatic rings. The topological polar surface area (TPSA) is 41.9 Å². The fourth-order valence-electron chi connectivity index (χ4n) is 4.57. The Morgan fingerprint density at radius 3 is 2.60 bits per heavy atom. The summed E-state index contributed by atoms with van der Waals surface area (Å²) in [6.45, 7) is 8.70. The Kier molecular flexibility index (Phi) is 5.79. The number of carbonyl (C=O) groups excluding carboxylic acids is 1. The predicted octanol–water partition coefficient (Wildman–Crippen LogP) is 3.14. The molecule has 0 aromatic heterocycles. The number of rotatable bonds is 5. The van der Waals surface area contributed by atoms with Crippen LogP contribution in [0.4, 0.5) is 0 Å². The predicted molar refractivity (Wildman–Crippen MR) is 120 cm³/mol. The van der Waals surface area contributed by atoms with Crippen molar-refractivity contribution in [3.63, 3.8) is 0 Å². The van der Waals surface area contributed by atoms with Crippen LogP contribution >= 0.6 is 0 Å². The van der Waals surface area contributed by atoms with E-state index in [4.69, 9.17) is 9.73 Å². The van der Waals surface area contributed by atoms with Crippen molar-refractivity contribution in [2.75, 3.05) is 19.6 Å². The van der Waals surface area contributed by atoms with E-state index in [0.29, 0.717) is 0 Å². The third kappa shape index (κ3) is 4.49. The molecule has 158 valence electrons. The van der Waals surface area contributed by atoms with Crippen LogP contribution in [-0.2, 0) is 16.0 Å². The van der Waals surface area contributed by atoms with E-state index in [1.807, 2.05) is 45.0 Å². The molecular formula is C26H32N2O2. The van der Waals surface area contributed by atoms with Crippen LogP contribution in [0.5, 0.6) is 0 Å². The number of hydrogen-bond donors (Lipinski definition) is 0. The van der Waals surface area contributed by atoms with Crippen molar-refractivity contribution >= 4 is 12.0 Å². The molecule has 0 amide bonds. The first-order chi connectivity index (χ1) is 14.4. The zero-order chi connectivity index (χ0) is 21.2. The Bertz CT molecular complexity index is 972. The van der Waals surface area contributed by atoms with Gasteiger partial charge in [0.25, 0.3) is 0 Å². The van der Waals surface area contributed by atoms with Gasteiger partial charge in [0.05, 0.1) is 5.36 Å². The summed E-state index contributed by atoms with van der Waals surface area (Å²) in [6, 6.07) is 18.6. The van der Waals surface area contributed by atoms with Crippen molar-refractivity contribution in [2.24, 2.45) is 10.9 Å². The quantitative estimate of drug-likeness (QED) is 0.719. The summed E-state index contributed by atoms with van der Waals surface area (Å²) in [5.74, 6) is -0.106. The fourth-order valence-corrected chi connectivity index (χ4v) is 4.57. The van der Waals surface area contributed by atoms with Crippen LogP contribution in [0.15, 0.2) is 59.6 Å². The summed E-state index contributed by atoms with van der Waals surface area (Å²) in [6.07, 6.45) is 5.13. The van der Waals surface area contributed by atoms with Gasteiger partial charge in [0.2, 0.25) is 0 Å². The minimum absolute atomic E-state index is 0.115. The van der Waals surface area contributed by atoms with E-state index in [1.165, 1.54) is 5.56 Å². The van der Waals surface area contributed by atoms with Gasteiger partial charge in [-0.1, -0.05) is 48.5 Å². The summed E-state index contributed by atoms with van der Waals surface area (Å²) < 4.78 is 5.89.